The Balaban J connectivity index is 0.00000289. The van der Waals surface area contributed by atoms with Gasteiger partial charge >= 0.3 is 0 Å². The van der Waals surface area contributed by atoms with Gasteiger partial charge in [-0.2, -0.15) is 0 Å². The standard InChI is InChI=1S/C14H23NO2.ClH/c1-2-3-4-9-17-14-7-5-12(6-8-14)10-13(15)11-16;/h5-8,13,16H,2-4,9-11,15H2,1H3;1H. The molecule has 1 atom stereocenters. The van der Waals surface area contributed by atoms with E-state index in [4.69, 9.17) is 15.6 Å². The van der Waals surface area contributed by atoms with Crippen LogP contribution in [0, 0.1) is 0 Å². The molecule has 1 aromatic rings. The lowest BCUT2D eigenvalue weighted by Crippen LogP contribution is -2.26. The quantitative estimate of drug-likeness (QED) is 0.716. The molecule has 0 aromatic heterocycles. The second kappa shape index (κ2) is 10.2. The summed E-state index contributed by atoms with van der Waals surface area (Å²) in [7, 11) is 0. The summed E-state index contributed by atoms with van der Waals surface area (Å²) in [6, 6.07) is 7.76. The molecule has 0 aliphatic carbocycles. The molecule has 3 nitrogen and oxygen atoms in total. The van der Waals surface area contributed by atoms with E-state index in [9.17, 15) is 0 Å². The van der Waals surface area contributed by atoms with E-state index in [-0.39, 0.29) is 25.1 Å². The second-order valence-electron chi connectivity index (χ2n) is 4.35. The van der Waals surface area contributed by atoms with Crippen molar-refractivity contribution in [2.24, 2.45) is 5.73 Å². The number of aliphatic hydroxyl groups excluding tert-OH is 1. The smallest absolute Gasteiger partial charge is 0.119 e. The maximum atomic E-state index is 8.87. The SMILES string of the molecule is CCCCCOc1ccc(CC(N)CO)cc1.Cl. The van der Waals surface area contributed by atoms with Crippen LogP contribution in [-0.4, -0.2) is 24.4 Å². The van der Waals surface area contributed by atoms with Gasteiger partial charge in [0.1, 0.15) is 5.75 Å². The summed E-state index contributed by atoms with van der Waals surface area (Å²) in [6.07, 6.45) is 4.23. The maximum absolute atomic E-state index is 8.87. The molecule has 0 aliphatic heterocycles. The van der Waals surface area contributed by atoms with Crippen LogP contribution in [0.15, 0.2) is 24.3 Å². The first-order chi connectivity index (χ1) is 8.26. The van der Waals surface area contributed by atoms with Gasteiger partial charge in [-0.1, -0.05) is 31.9 Å². The lowest BCUT2D eigenvalue weighted by atomic mass is 10.1. The predicted octanol–water partition coefficient (Wildman–Crippen LogP) is 2.54. The molecular weight excluding hydrogens is 250 g/mol. The number of rotatable bonds is 8. The van der Waals surface area contributed by atoms with Crippen LogP contribution >= 0.6 is 12.4 Å². The summed E-state index contributed by atoms with van der Waals surface area (Å²) in [5.41, 5.74) is 6.81. The van der Waals surface area contributed by atoms with Gasteiger partial charge in [0.25, 0.3) is 0 Å². The molecule has 104 valence electrons. The van der Waals surface area contributed by atoms with Crippen LogP contribution in [-0.2, 0) is 6.42 Å². The molecular formula is C14H24ClNO2. The van der Waals surface area contributed by atoms with Gasteiger partial charge in [0.2, 0.25) is 0 Å². The Hall–Kier alpha value is -0.770. The van der Waals surface area contributed by atoms with Crippen molar-refractivity contribution in [1.29, 1.82) is 0 Å². The minimum atomic E-state index is -0.175. The minimum Gasteiger partial charge on any atom is -0.494 e. The first-order valence-electron chi connectivity index (χ1n) is 6.34. The molecule has 0 saturated heterocycles. The lowest BCUT2D eigenvalue weighted by molar-refractivity contribution is 0.265. The zero-order valence-corrected chi connectivity index (χ0v) is 11.8. The molecule has 0 aliphatic rings. The van der Waals surface area contributed by atoms with Gasteiger partial charge in [0.05, 0.1) is 13.2 Å². The third-order valence-corrected chi connectivity index (χ3v) is 2.67. The summed E-state index contributed by atoms with van der Waals surface area (Å²) in [5, 5.41) is 8.87. The normalized spacial score (nSPS) is 11.7. The summed E-state index contributed by atoms with van der Waals surface area (Å²) in [4.78, 5) is 0. The van der Waals surface area contributed by atoms with Crippen LogP contribution in [0.3, 0.4) is 0 Å². The highest BCUT2D eigenvalue weighted by molar-refractivity contribution is 5.85. The molecule has 0 bridgehead atoms. The van der Waals surface area contributed by atoms with Crippen molar-refractivity contribution in [3.63, 3.8) is 0 Å². The molecule has 1 aromatic carbocycles. The molecule has 0 amide bonds. The van der Waals surface area contributed by atoms with Crippen LogP contribution in [0.1, 0.15) is 31.7 Å². The minimum absolute atomic E-state index is 0. The molecule has 3 N–H and O–H groups in total. The van der Waals surface area contributed by atoms with Crippen LogP contribution in [0.5, 0.6) is 5.75 Å². The van der Waals surface area contributed by atoms with Crippen LogP contribution in [0.2, 0.25) is 0 Å². The van der Waals surface area contributed by atoms with Crippen molar-refractivity contribution in [2.45, 2.75) is 38.6 Å². The fraction of sp³-hybridized carbons (Fsp3) is 0.571. The topological polar surface area (TPSA) is 55.5 Å². The van der Waals surface area contributed by atoms with E-state index in [2.05, 4.69) is 6.92 Å². The predicted molar refractivity (Wildman–Crippen MR) is 77.5 cm³/mol. The third kappa shape index (κ3) is 6.84. The van der Waals surface area contributed by atoms with Gasteiger partial charge in [-0.25, -0.2) is 0 Å². The average molecular weight is 274 g/mol. The zero-order chi connectivity index (χ0) is 12.5. The van der Waals surface area contributed by atoms with Crippen molar-refractivity contribution < 1.29 is 9.84 Å². The van der Waals surface area contributed by atoms with E-state index < -0.39 is 0 Å². The van der Waals surface area contributed by atoms with Crippen LogP contribution in [0.25, 0.3) is 0 Å². The van der Waals surface area contributed by atoms with E-state index in [0.717, 1.165) is 24.3 Å². The Kier molecular flexibility index (Phi) is 9.74. The zero-order valence-electron chi connectivity index (χ0n) is 11.0. The number of unbranched alkanes of at least 4 members (excludes halogenated alkanes) is 2. The molecule has 0 fully saturated rings. The molecule has 4 heteroatoms. The van der Waals surface area contributed by atoms with Crippen molar-refractivity contribution in [1.82, 2.24) is 0 Å². The van der Waals surface area contributed by atoms with Crippen molar-refractivity contribution in [2.75, 3.05) is 13.2 Å². The highest BCUT2D eigenvalue weighted by Crippen LogP contribution is 2.13. The fourth-order valence-electron chi connectivity index (χ4n) is 1.63. The van der Waals surface area contributed by atoms with E-state index >= 15 is 0 Å². The molecule has 0 spiro atoms. The van der Waals surface area contributed by atoms with Gasteiger partial charge in [0, 0.05) is 6.04 Å². The molecule has 0 heterocycles. The second-order valence-corrected chi connectivity index (χ2v) is 4.35. The van der Waals surface area contributed by atoms with E-state index in [0.29, 0.717) is 6.42 Å². The number of ether oxygens (including phenoxy) is 1. The van der Waals surface area contributed by atoms with Gasteiger partial charge in [-0.15, -0.1) is 12.4 Å². The Labute approximate surface area is 116 Å². The number of hydrogen-bond donors (Lipinski definition) is 2. The van der Waals surface area contributed by atoms with Crippen LogP contribution < -0.4 is 10.5 Å². The number of benzene rings is 1. The van der Waals surface area contributed by atoms with Gasteiger partial charge in [-0.3, -0.25) is 0 Å². The van der Waals surface area contributed by atoms with Gasteiger partial charge in [0.15, 0.2) is 0 Å². The van der Waals surface area contributed by atoms with E-state index in [1.165, 1.54) is 12.8 Å². The van der Waals surface area contributed by atoms with Crippen molar-refractivity contribution in [3.8, 4) is 5.75 Å². The first-order valence-corrected chi connectivity index (χ1v) is 6.34. The Bertz CT molecular complexity index is 303. The summed E-state index contributed by atoms with van der Waals surface area (Å²) in [6.45, 7) is 2.98. The molecule has 0 radical (unpaired) electrons. The fourth-order valence-corrected chi connectivity index (χ4v) is 1.63. The highest BCUT2D eigenvalue weighted by atomic mass is 35.5. The van der Waals surface area contributed by atoms with E-state index in [1.54, 1.807) is 0 Å². The van der Waals surface area contributed by atoms with Crippen molar-refractivity contribution in [3.05, 3.63) is 29.8 Å². The highest BCUT2D eigenvalue weighted by Gasteiger charge is 2.02. The van der Waals surface area contributed by atoms with Crippen molar-refractivity contribution >= 4 is 12.4 Å². The number of hydrogen-bond acceptors (Lipinski definition) is 3. The maximum Gasteiger partial charge on any atom is 0.119 e. The lowest BCUT2D eigenvalue weighted by Gasteiger charge is -2.09. The molecule has 18 heavy (non-hydrogen) atoms. The number of aliphatic hydroxyl groups is 1. The third-order valence-electron chi connectivity index (χ3n) is 2.67. The Morgan fingerprint density at radius 3 is 2.44 bits per heavy atom. The first kappa shape index (κ1) is 17.2. The Morgan fingerprint density at radius 2 is 1.89 bits per heavy atom. The van der Waals surface area contributed by atoms with Crippen LogP contribution in [0.4, 0.5) is 0 Å². The summed E-state index contributed by atoms with van der Waals surface area (Å²) < 4.78 is 5.61. The molecule has 1 rings (SSSR count). The van der Waals surface area contributed by atoms with Gasteiger partial charge < -0.3 is 15.6 Å². The Morgan fingerprint density at radius 1 is 1.22 bits per heavy atom. The summed E-state index contributed by atoms with van der Waals surface area (Å²) >= 11 is 0. The molecule has 1 unspecified atom stereocenters. The van der Waals surface area contributed by atoms with E-state index in [1.807, 2.05) is 24.3 Å². The monoisotopic (exact) mass is 273 g/mol. The largest absolute Gasteiger partial charge is 0.494 e. The number of nitrogens with two attached hydrogens (primary N) is 1. The van der Waals surface area contributed by atoms with Gasteiger partial charge in [-0.05, 0) is 30.5 Å². The average Bonchev–Trinajstić information content (AvgIpc) is 2.36. The molecule has 0 saturated carbocycles. The number of halogens is 1. The summed E-state index contributed by atoms with van der Waals surface area (Å²) in [5.74, 6) is 0.905.